The molecule has 1 aromatic heterocycles. The summed E-state index contributed by atoms with van der Waals surface area (Å²) in [4.78, 5) is 48.4. The average molecular weight is 712 g/mol. The molecular weight excluding hydrogens is 662 g/mol. The number of likely N-dealkylation sites (tertiary alicyclic amines) is 1. The molecule has 4 aliphatic rings. The molecule has 12 nitrogen and oxygen atoms in total. The monoisotopic (exact) mass is 711 g/mol. The van der Waals surface area contributed by atoms with Crippen molar-refractivity contribution in [3.05, 3.63) is 34.5 Å². The molecule has 6 rings (SSSR count). The van der Waals surface area contributed by atoms with Crippen molar-refractivity contribution in [1.82, 2.24) is 20.1 Å². The van der Waals surface area contributed by atoms with Gasteiger partial charge in [-0.1, -0.05) is 37.9 Å². The molecule has 0 radical (unpaired) electrons. The number of primary amides is 1. The topological polar surface area (TPSA) is 146 Å². The van der Waals surface area contributed by atoms with E-state index in [1.165, 1.54) is 11.3 Å². The molecule has 2 saturated heterocycles. The number of ether oxygens (including phenoxy) is 4. The Hall–Kier alpha value is -3.61. The second kappa shape index (κ2) is 14.9. The largest absolute Gasteiger partial charge is 0.491 e. The molecule has 3 amide bonds. The van der Waals surface area contributed by atoms with Crippen molar-refractivity contribution in [1.29, 1.82) is 0 Å². The lowest BCUT2D eigenvalue weighted by Crippen LogP contribution is -2.57. The first-order chi connectivity index (χ1) is 23.8. The van der Waals surface area contributed by atoms with Crippen molar-refractivity contribution in [2.24, 2.45) is 23.0 Å². The molecule has 13 heteroatoms. The molecule has 1 aromatic carbocycles. The summed E-state index contributed by atoms with van der Waals surface area (Å²) in [5, 5.41) is 3.86. The highest BCUT2D eigenvalue weighted by molar-refractivity contribution is 6.36. The van der Waals surface area contributed by atoms with E-state index < -0.39 is 41.5 Å². The van der Waals surface area contributed by atoms with Crippen molar-refractivity contribution in [3.8, 4) is 11.5 Å². The van der Waals surface area contributed by atoms with Gasteiger partial charge in [0.05, 0.1) is 31.0 Å². The van der Waals surface area contributed by atoms with Gasteiger partial charge in [-0.3, -0.25) is 14.5 Å². The predicted octanol–water partition coefficient (Wildman–Crippen LogP) is 4.80. The Morgan fingerprint density at radius 3 is 2.46 bits per heavy atom. The zero-order valence-electron chi connectivity index (χ0n) is 29.7. The average Bonchev–Trinajstić information content (AvgIpc) is 3.43. The van der Waals surface area contributed by atoms with Crippen LogP contribution in [0.5, 0.6) is 11.5 Å². The minimum absolute atomic E-state index is 0.0972. The van der Waals surface area contributed by atoms with Gasteiger partial charge in [-0.25, -0.2) is 9.78 Å². The normalized spacial score (nSPS) is 25.5. The van der Waals surface area contributed by atoms with Gasteiger partial charge in [0.15, 0.2) is 0 Å². The summed E-state index contributed by atoms with van der Waals surface area (Å²) in [6.45, 7) is 14.0. The smallest absolute Gasteiger partial charge is 0.408 e. The molecular formula is C37H50ClN5O7. The summed E-state index contributed by atoms with van der Waals surface area (Å²) in [6, 6.07) is 3.64. The number of fused-ring (bicyclic) bond motifs is 2. The fourth-order valence-electron chi connectivity index (χ4n) is 7.36. The van der Waals surface area contributed by atoms with Gasteiger partial charge < -0.3 is 34.9 Å². The number of halogens is 1. The van der Waals surface area contributed by atoms with Crippen molar-refractivity contribution >= 4 is 46.5 Å². The molecule has 0 spiro atoms. The number of allylic oxidation sites excluding steroid dienone is 1. The number of hydrogen-bond acceptors (Lipinski definition) is 9. The summed E-state index contributed by atoms with van der Waals surface area (Å²) < 4.78 is 23.8. The molecule has 2 aliphatic carbocycles. The third-order valence-corrected chi connectivity index (χ3v) is 10.5. The van der Waals surface area contributed by atoms with E-state index in [2.05, 4.69) is 10.2 Å². The quantitative estimate of drug-likeness (QED) is 0.336. The van der Waals surface area contributed by atoms with Crippen LogP contribution in [-0.4, -0.2) is 103 Å². The lowest BCUT2D eigenvalue weighted by atomic mass is 9.85. The van der Waals surface area contributed by atoms with Crippen LogP contribution < -0.4 is 20.5 Å². The molecule has 50 heavy (non-hydrogen) atoms. The number of aromatic nitrogens is 1. The number of nitrogens with two attached hydrogens (primary N) is 1. The Balaban J connectivity index is 1.19. The number of pyridine rings is 1. The van der Waals surface area contributed by atoms with Gasteiger partial charge in [0.2, 0.25) is 11.8 Å². The Kier molecular flexibility index (Phi) is 10.8. The van der Waals surface area contributed by atoms with Crippen LogP contribution >= 0.6 is 11.6 Å². The van der Waals surface area contributed by atoms with Gasteiger partial charge in [0.1, 0.15) is 47.4 Å². The number of rotatable bonds is 11. The minimum Gasteiger partial charge on any atom is -0.491 e. The van der Waals surface area contributed by atoms with Gasteiger partial charge in [-0.05, 0) is 68.6 Å². The Bertz CT molecular complexity index is 1620. The number of morpholine rings is 1. The number of carbonyl (C=O) groups is 3. The summed E-state index contributed by atoms with van der Waals surface area (Å²) in [7, 11) is 0. The lowest BCUT2D eigenvalue weighted by Gasteiger charge is -2.35. The molecule has 3 heterocycles. The van der Waals surface area contributed by atoms with Crippen molar-refractivity contribution < 1.29 is 33.3 Å². The highest BCUT2D eigenvalue weighted by Crippen LogP contribution is 2.52. The van der Waals surface area contributed by atoms with E-state index in [0.717, 1.165) is 38.0 Å². The van der Waals surface area contributed by atoms with Crippen LogP contribution in [0.3, 0.4) is 0 Å². The maximum Gasteiger partial charge on any atom is 0.408 e. The second-order valence-corrected chi connectivity index (χ2v) is 15.8. The number of nitrogens with zero attached hydrogens (tertiary/aromatic N) is 3. The van der Waals surface area contributed by atoms with Crippen LogP contribution in [0.2, 0.25) is 5.02 Å². The van der Waals surface area contributed by atoms with Gasteiger partial charge >= 0.3 is 6.09 Å². The third kappa shape index (κ3) is 8.46. The van der Waals surface area contributed by atoms with Crippen LogP contribution in [0.15, 0.2) is 23.8 Å². The van der Waals surface area contributed by atoms with E-state index in [0.29, 0.717) is 64.8 Å². The number of carbonyl (C=O) groups excluding carboxylic acids is 3. The zero-order valence-corrected chi connectivity index (χ0v) is 30.5. The second-order valence-electron chi connectivity index (χ2n) is 15.4. The summed E-state index contributed by atoms with van der Waals surface area (Å²) >= 11 is 6.92. The first kappa shape index (κ1) is 36.2. The van der Waals surface area contributed by atoms with Gasteiger partial charge in [-0.2, -0.15) is 0 Å². The SMILES string of the molecule is CC(C)=Cc1cc(O[C@@H]2C[C@@H](C(N)=O)N(C(=O)[C@@H](NC(=O)O[C@@H]3C[C@@H]4C[C@@H]4C3)C(C)(C)C)C2)c2ccc(OCCN3CCOCC3)c(Cl)c2n1. The Morgan fingerprint density at radius 2 is 1.80 bits per heavy atom. The Morgan fingerprint density at radius 1 is 1.08 bits per heavy atom. The standard InChI is InChI=1S/C37H50ClN5O7/c1-21(2)14-24-18-30(27-6-7-29(31(38)32(27)40-24)48-13-10-42-8-11-47-12-9-42)49-26-19-28(34(39)44)43(20-26)35(45)33(37(3,4)5)41-36(46)50-25-16-22-15-23(22)17-25/h6-7,14,18,22-23,25-26,28,33H,8-13,15-17,19-20H2,1-5H3,(H2,39,44)(H,41,46)/t22-,23+,25+,26-,28+,33-/m1/s1. The zero-order chi connectivity index (χ0) is 35.7. The summed E-state index contributed by atoms with van der Waals surface area (Å²) in [6.07, 6.45) is 3.75. The third-order valence-electron chi connectivity index (χ3n) is 10.1. The Labute approximate surface area is 298 Å². The van der Waals surface area contributed by atoms with Crippen molar-refractivity contribution in [2.45, 2.75) is 84.6 Å². The molecule has 0 bridgehead atoms. The molecule has 2 aliphatic heterocycles. The number of alkyl carbamates (subject to hydrolysis) is 1. The summed E-state index contributed by atoms with van der Waals surface area (Å²) in [5.41, 5.74) is 7.38. The summed E-state index contributed by atoms with van der Waals surface area (Å²) in [5.74, 6) is 1.28. The molecule has 4 fully saturated rings. The van der Waals surface area contributed by atoms with Crippen molar-refractivity contribution in [3.63, 3.8) is 0 Å². The number of nitrogens with one attached hydrogen (secondary N) is 1. The van der Waals surface area contributed by atoms with Crippen LogP contribution in [0.25, 0.3) is 17.0 Å². The molecule has 0 unspecified atom stereocenters. The van der Waals surface area contributed by atoms with Crippen LogP contribution in [0, 0.1) is 17.3 Å². The maximum atomic E-state index is 14.1. The molecule has 2 saturated carbocycles. The first-order valence-corrected chi connectivity index (χ1v) is 18.1. The fourth-order valence-corrected chi connectivity index (χ4v) is 7.63. The van der Waals surface area contributed by atoms with Crippen LogP contribution in [-0.2, 0) is 19.1 Å². The fraction of sp³-hybridized carbons (Fsp3) is 0.622. The van der Waals surface area contributed by atoms with Crippen LogP contribution in [0.4, 0.5) is 4.79 Å². The van der Waals surface area contributed by atoms with Crippen molar-refractivity contribution in [2.75, 3.05) is 46.0 Å². The van der Waals surface area contributed by atoms with E-state index in [9.17, 15) is 14.4 Å². The highest BCUT2D eigenvalue weighted by atomic mass is 35.5. The number of benzene rings is 1. The number of amides is 3. The highest BCUT2D eigenvalue weighted by Gasteiger charge is 2.48. The molecule has 272 valence electrons. The molecule has 6 atom stereocenters. The van der Waals surface area contributed by atoms with Gasteiger partial charge in [-0.15, -0.1) is 0 Å². The molecule has 2 aromatic rings. The van der Waals surface area contributed by atoms with E-state index in [4.69, 9.17) is 41.3 Å². The van der Waals surface area contributed by atoms with Gasteiger partial charge in [0, 0.05) is 37.5 Å². The van der Waals surface area contributed by atoms with Gasteiger partial charge in [0.25, 0.3) is 0 Å². The minimum atomic E-state index is -0.946. The lowest BCUT2D eigenvalue weighted by molar-refractivity contribution is -0.141. The predicted molar refractivity (Wildman–Crippen MR) is 190 cm³/mol. The molecule has 3 N–H and O–H groups in total. The van der Waals surface area contributed by atoms with E-state index in [-0.39, 0.29) is 19.1 Å². The van der Waals surface area contributed by atoms with E-state index in [1.54, 1.807) is 0 Å². The van der Waals surface area contributed by atoms with Crippen LogP contribution in [0.1, 0.15) is 66.0 Å². The number of hydrogen-bond donors (Lipinski definition) is 2. The van der Waals surface area contributed by atoms with E-state index >= 15 is 0 Å². The van der Waals surface area contributed by atoms with E-state index in [1.807, 2.05) is 58.9 Å². The first-order valence-electron chi connectivity index (χ1n) is 17.7. The maximum absolute atomic E-state index is 14.1.